The lowest BCUT2D eigenvalue weighted by molar-refractivity contribution is 0.669. The second-order valence-electron chi connectivity index (χ2n) is 15.9. The van der Waals surface area contributed by atoms with Crippen molar-refractivity contribution in [2.24, 2.45) is 0 Å². The topological polar surface area (TPSA) is 43.9 Å². The van der Waals surface area contributed by atoms with Crippen LogP contribution in [0.4, 0.5) is 0 Å². The molecule has 2 aliphatic carbocycles. The van der Waals surface area contributed by atoms with Gasteiger partial charge in [-0.1, -0.05) is 164 Å². The number of hydrogen-bond donors (Lipinski definition) is 0. The number of furan rings is 1. The zero-order valence-electron chi connectivity index (χ0n) is 31.6. The zero-order valence-corrected chi connectivity index (χ0v) is 31.6. The molecule has 3 aromatic heterocycles. The molecule has 0 N–H and O–H groups in total. The lowest BCUT2D eigenvalue weighted by Crippen LogP contribution is -2.26. The van der Waals surface area contributed by atoms with Crippen molar-refractivity contribution >= 4 is 65.4 Å². The van der Waals surface area contributed by atoms with Gasteiger partial charge in [0.1, 0.15) is 11.2 Å². The Balaban J connectivity index is 1.22. The van der Waals surface area contributed by atoms with Crippen LogP contribution in [0.1, 0.15) is 22.3 Å². The van der Waals surface area contributed by atoms with Crippen molar-refractivity contribution in [1.29, 1.82) is 0 Å². The Morgan fingerprint density at radius 2 is 0.966 bits per heavy atom. The number of benzene rings is 9. The average molecular weight is 750 g/mol. The monoisotopic (exact) mass is 749 g/mol. The molecule has 12 aromatic rings. The van der Waals surface area contributed by atoms with E-state index in [-0.39, 0.29) is 0 Å². The van der Waals surface area contributed by atoms with E-state index in [4.69, 9.17) is 14.4 Å². The number of para-hydroxylation sites is 3. The van der Waals surface area contributed by atoms with Gasteiger partial charge in [-0.2, -0.15) is 0 Å². The van der Waals surface area contributed by atoms with Crippen LogP contribution in [-0.4, -0.2) is 14.5 Å². The van der Waals surface area contributed by atoms with Crippen molar-refractivity contribution in [2.75, 3.05) is 0 Å². The Labute approximate surface area is 338 Å². The van der Waals surface area contributed by atoms with E-state index in [0.717, 1.165) is 55.1 Å². The molecule has 59 heavy (non-hydrogen) atoms. The first kappa shape index (κ1) is 31.3. The standard InChI is InChI=1S/C55H31N3O/c1-2-19-35-34(18-1)49-36-20-5-11-27-43(36)55(41-25-9-3-16-32(41)33-17-4-10-26-42(33)55)51(49)53-50(35)38-22-7-13-29-45(38)58(53)54-56-44-28-12-6-21-37(44)52(57-54)40-24-15-31-47-48(40)39-23-8-14-30-46(39)59-47/h1-31H. The van der Waals surface area contributed by atoms with E-state index in [2.05, 4.69) is 180 Å². The van der Waals surface area contributed by atoms with E-state index in [1.165, 1.54) is 66.1 Å². The molecule has 14 rings (SSSR count). The molecular formula is C55H31N3O. The summed E-state index contributed by atoms with van der Waals surface area (Å²) >= 11 is 0. The number of hydrogen-bond acceptors (Lipinski definition) is 3. The van der Waals surface area contributed by atoms with E-state index < -0.39 is 5.41 Å². The van der Waals surface area contributed by atoms with Gasteiger partial charge >= 0.3 is 0 Å². The summed E-state index contributed by atoms with van der Waals surface area (Å²) in [4.78, 5) is 11.2. The summed E-state index contributed by atoms with van der Waals surface area (Å²) in [7, 11) is 0. The normalized spacial score (nSPS) is 13.6. The third-order valence-electron chi connectivity index (χ3n) is 13.2. The summed E-state index contributed by atoms with van der Waals surface area (Å²) in [6, 6.07) is 68.0. The second kappa shape index (κ2) is 11.2. The molecule has 0 aliphatic heterocycles. The van der Waals surface area contributed by atoms with Gasteiger partial charge in [0, 0.05) is 38.1 Å². The molecule has 0 radical (unpaired) electrons. The number of rotatable bonds is 2. The quantitative estimate of drug-likeness (QED) is 0.177. The van der Waals surface area contributed by atoms with Crippen molar-refractivity contribution in [3.8, 4) is 39.5 Å². The van der Waals surface area contributed by atoms with Gasteiger partial charge in [0.15, 0.2) is 0 Å². The van der Waals surface area contributed by atoms with Gasteiger partial charge in [-0.05, 0) is 74.0 Å². The Morgan fingerprint density at radius 1 is 0.407 bits per heavy atom. The molecule has 0 atom stereocenters. The summed E-state index contributed by atoms with van der Waals surface area (Å²) in [6.45, 7) is 0. The third-order valence-corrected chi connectivity index (χ3v) is 13.2. The van der Waals surface area contributed by atoms with Crippen LogP contribution in [0, 0.1) is 0 Å². The molecule has 0 bridgehead atoms. The molecule has 272 valence electrons. The van der Waals surface area contributed by atoms with Crippen molar-refractivity contribution < 1.29 is 4.42 Å². The fraction of sp³-hybridized carbons (Fsp3) is 0.0182. The highest BCUT2D eigenvalue weighted by molar-refractivity contribution is 6.28. The maximum Gasteiger partial charge on any atom is 0.235 e. The smallest absolute Gasteiger partial charge is 0.235 e. The van der Waals surface area contributed by atoms with Crippen LogP contribution in [0.3, 0.4) is 0 Å². The van der Waals surface area contributed by atoms with Crippen LogP contribution < -0.4 is 0 Å². The minimum Gasteiger partial charge on any atom is -0.456 e. The maximum atomic E-state index is 6.43. The lowest BCUT2D eigenvalue weighted by atomic mass is 9.70. The van der Waals surface area contributed by atoms with Crippen molar-refractivity contribution in [1.82, 2.24) is 14.5 Å². The molecule has 9 aromatic carbocycles. The summed E-state index contributed by atoms with van der Waals surface area (Å²) in [5, 5.41) is 7.98. The summed E-state index contributed by atoms with van der Waals surface area (Å²) < 4.78 is 8.81. The first-order chi connectivity index (χ1) is 29.3. The van der Waals surface area contributed by atoms with Crippen LogP contribution in [0.5, 0.6) is 0 Å². The molecule has 3 heterocycles. The molecule has 4 heteroatoms. The third kappa shape index (κ3) is 3.80. The maximum absolute atomic E-state index is 6.43. The lowest BCUT2D eigenvalue weighted by Gasteiger charge is -2.31. The fourth-order valence-corrected chi connectivity index (χ4v) is 11.1. The molecule has 0 fully saturated rings. The molecule has 0 unspecified atom stereocenters. The number of aromatic nitrogens is 3. The van der Waals surface area contributed by atoms with Gasteiger partial charge < -0.3 is 4.42 Å². The molecule has 1 spiro atoms. The first-order valence-electron chi connectivity index (χ1n) is 20.3. The van der Waals surface area contributed by atoms with Crippen molar-refractivity contribution in [3.63, 3.8) is 0 Å². The van der Waals surface area contributed by atoms with Crippen LogP contribution in [-0.2, 0) is 5.41 Å². The van der Waals surface area contributed by atoms with Crippen LogP contribution in [0.2, 0.25) is 0 Å². The highest BCUT2D eigenvalue weighted by Crippen LogP contribution is 2.66. The van der Waals surface area contributed by atoms with E-state index in [1.807, 2.05) is 12.1 Å². The largest absolute Gasteiger partial charge is 0.456 e. The van der Waals surface area contributed by atoms with Gasteiger partial charge in [-0.15, -0.1) is 0 Å². The minimum absolute atomic E-state index is 0.589. The van der Waals surface area contributed by atoms with E-state index in [0.29, 0.717) is 5.95 Å². The van der Waals surface area contributed by atoms with Gasteiger partial charge in [0.05, 0.1) is 27.7 Å². The summed E-state index contributed by atoms with van der Waals surface area (Å²) in [5.74, 6) is 0.637. The van der Waals surface area contributed by atoms with Crippen LogP contribution >= 0.6 is 0 Å². The Bertz CT molecular complexity index is 3770. The van der Waals surface area contributed by atoms with E-state index in [1.54, 1.807) is 0 Å². The Hall–Kier alpha value is -7.82. The highest BCUT2D eigenvalue weighted by Gasteiger charge is 2.53. The predicted octanol–water partition coefficient (Wildman–Crippen LogP) is 13.8. The van der Waals surface area contributed by atoms with Crippen molar-refractivity contribution in [2.45, 2.75) is 5.41 Å². The first-order valence-corrected chi connectivity index (χ1v) is 20.3. The molecule has 0 amide bonds. The van der Waals surface area contributed by atoms with Gasteiger partial charge in [0.2, 0.25) is 5.95 Å². The Morgan fingerprint density at radius 3 is 1.75 bits per heavy atom. The zero-order chi connectivity index (χ0) is 38.4. The average Bonchev–Trinajstić information content (AvgIpc) is 4.03. The molecule has 0 saturated heterocycles. The Kier molecular flexibility index (Phi) is 5.93. The molecule has 0 saturated carbocycles. The number of fused-ring (bicyclic) bond motifs is 21. The number of nitrogens with zero attached hydrogens (tertiary/aromatic N) is 3. The molecule has 4 nitrogen and oxygen atoms in total. The van der Waals surface area contributed by atoms with Crippen LogP contribution in [0.25, 0.3) is 105 Å². The van der Waals surface area contributed by atoms with Gasteiger partial charge in [-0.3, -0.25) is 4.57 Å². The molecule has 2 aliphatic rings. The van der Waals surface area contributed by atoms with Crippen LogP contribution in [0.15, 0.2) is 192 Å². The molecular weight excluding hydrogens is 719 g/mol. The second-order valence-corrected chi connectivity index (χ2v) is 15.9. The highest BCUT2D eigenvalue weighted by atomic mass is 16.3. The van der Waals surface area contributed by atoms with Gasteiger partial charge in [-0.25, -0.2) is 9.97 Å². The summed E-state index contributed by atoms with van der Waals surface area (Å²) in [6.07, 6.45) is 0. The van der Waals surface area contributed by atoms with E-state index >= 15 is 0 Å². The van der Waals surface area contributed by atoms with E-state index in [9.17, 15) is 0 Å². The fourth-order valence-electron chi connectivity index (χ4n) is 11.1. The summed E-state index contributed by atoms with van der Waals surface area (Å²) in [5.41, 5.74) is 16.4. The predicted molar refractivity (Wildman–Crippen MR) is 240 cm³/mol. The van der Waals surface area contributed by atoms with Crippen molar-refractivity contribution in [3.05, 3.63) is 210 Å². The van der Waals surface area contributed by atoms with Gasteiger partial charge in [0.25, 0.3) is 0 Å². The minimum atomic E-state index is -0.589. The SMILES string of the molecule is c1ccc2c(c1)-c1ccccc1C21c2ccccc2-c2c1c1c(c3ccccc23)c2ccccc2n1-c1nc(-c2cccc3oc4ccccc4c23)c2ccccc2n1.